The van der Waals surface area contributed by atoms with Crippen LogP contribution in [0.3, 0.4) is 0 Å². The Kier molecular flexibility index (Phi) is 10.3. The van der Waals surface area contributed by atoms with Crippen LogP contribution in [0, 0.1) is 0 Å². The van der Waals surface area contributed by atoms with E-state index < -0.39 is 0 Å². The molecule has 0 aliphatic rings. The van der Waals surface area contributed by atoms with Gasteiger partial charge in [-0.2, -0.15) is 0 Å². The minimum atomic E-state index is 0. The van der Waals surface area contributed by atoms with Gasteiger partial charge in [0.1, 0.15) is 6.33 Å². The maximum absolute atomic E-state index is 4.98. The molecule has 0 aliphatic carbocycles. The van der Waals surface area contributed by atoms with E-state index in [0.29, 0.717) is 0 Å². The predicted molar refractivity (Wildman–Crippen MR) is 66.7 cm³/mol. The summed E-state index contributed by atoms with van der Waals surface area (Å²) in [5, 5.41) is 3.36. The lowest BCUT2D eigenvalue weighted by Gasteiger charge is -2.03. The van der Waals surface area contributed by atoms with Gasteiger partial charge in [0.25, 0.3) is 0 Å². The number of halogens is 1. The molecule has 0 unspecified atom stereocenters. The molecular weight excluding hydrogens is 226 g/mol. The van der Waals surface area contributed by atoms with Crippen molar-refractivity contribution in [3.63, 3.8) is 0 Å². The molecule has 1 heterocycles. The number of methoxy groups -OCH3 is 1. The number of nitrogens with one attached hydrogen (secondary N) is 1. The van der Waals surface area contributed by atoms with Gasteiger partial charge in [-0.05, 0) is 25.8 Å². The molecule has 1 N–H and O–H groups in total. The summed E-state index contributed by atoms with van der Waals surface area (Å²) in [5.74, 6) is 0. The van der Waals surface area contributed by atoms with Crippen molar-refractivity contribution in [2.24, 2.45) is 0 Å². The number of nitrogens with zero attached hydrogens (tertiary/aromatic N) is 2. The van der Waals surface area contributed by atoms with Crippen molar-refractivity contribution >= 4 is 12.4 Å². The average molecular weight is 246 g/mol. The fourth-order valence-electron chi connectivity index (χ4n) is 1.33. The molecule has 16 heavy (non-hydrogen) atoms. The molecule has 0 saturated carbocycles. The van der Waals surface area contributed by atoms with E-state index >= 15 is 0 Å². The first-order valence-electron chi connectivity index (χ1n) is 5.37. The zero-order valence-corrected chi connectivity index (χ0v) is 10.5. The van der Waals surface area contributed by atoms with Gasteiger partial charge in [-0.15, -0.1) is 12.4 Å². The molecular formula is C11H20ClN3O. The molecule has 5 heteroatoms. The number of hydrogen-bond donors (Lipinski definition) is 1. The standard InChI is InChI=1S/C11H19N3O.ClH/c1-15-6-4-2-3-5-12-7-11-8-13-10-14-9-11;/h8-10,12H,2-7H2,1H3;1H. The van der Waals surface area contributed by atoms with Crippen LogP contribution in [0.25, 0.3) is 0 Å². The first-order chi connectivity index (χ1) is 7.43. The third kappa shape index (κ3) is 7.56. The van der Waals surface area contributed by atoms with Gasteiger partial charge in [0.15, 0.2) is 0 Å². The Balaban J connectivity index is 0.00000225. The lowest BCUT2D eigenvalue weighted by Crippen LogP contribution is -2.15. The predicted octanol–water partition coefficient (Wildman–Crippen LogP) is 1.80. The zero-order valence-electron chi connectivity index (χ0n) is 9.69. The molecule has 1 aromatic rings. The second-order valence-electron chi connectivity index (χ2n) is 3.48. The Labute approximate surface area is 103 Å². The lowest BCUT2D eigenvalue weighted by atomic mass is 10.2. The van der Waals surface area contributed by atoms with Crippen molar-refractivity contribution in [1.82, 2.24) is 15.3 Å². The molecule has 0 spiro atoms. The summed E-state index contributed by atoms with van der Waals surface area (Å²) in [6.07, 6.45) is 8.78. The third-order valence-corrected chi connectivity index (χ3v) is 2.15. The van der Waals surface area contributed by atoms with E-state index in [0.717, 1.165) is 31.7 Å². The topological polar surface area (TPSA) is 47.0 Å². The van der Waals surface area contributed by atoms with E-state index in [4.69, 9.17) is 4.74 Å². The molecule has 1 aromatic heterocycles. The summed E-state index contributed by atoms with van der Waals surface area (Å²) in [4.78, 5) is 7.91. The second-order valence-corrected chi connectivity index (χ2v) is 3.48. The number of unbranched alkanes of at least 4 members (excludes halogenated alkanes) is 2. The summed E-state index contributed by atoms with van der Waals surface area (Å²) in [7, 11) is 1.74. The largest absolute Gasteiger partial charge is 0.385 e. The van der Waals surface area contributed by atoms with Gasteiger partial charge in [-0.25, -0.2) is 9.97 Å². The molecule has 4 nitrogen and oxygen atoms in total. The Morgan fingerprint density at radius 3 is 2.62 bits per heavy atom. The van der Waals surface area contributed by atoms with Crippen LogP contribution < -0.4 is 5.32 Å². The van der Waals surface area contributed by atoms with Crippen LogP contribution in [0.15, 0.2) is 18.7 Å². The Hall–Kier alpha value is -0.710. The molecule has 0 radical (unpaired) electrons. The van der Waals surface area contributed by atoms with E-state index in [1.807, 2.05) is 12.4 Å². The van der Waals surface area contributed by atoms with Crippen molar-refractivity contribution < 1.29 is 4.74 Å². The Morgan fingerprint density at radius 1 is 1.19 bits per heavy atom. The smallest absolute Gasteiger partial charge is 0.115 e. The second kappa shape index (κ2) is 10.8. The molecule has 1 rings (SSSR count). The van der Waals surface area contributed by atoms with Crippen LogP contribution >= 0.6 is 12.4 Å². The lowest BCUT2D eigenvalue weighted by molar-refractivity contribution is 0.192. The number of rotatable bonds is 8. The number of aromatic nitrogens is 2. The fourth-order valence-corrected chi connectivity index (χ4v) is 1.33. The van der Waals surface area contributed by atoms with E-state index in [-0.39, 0.29) is 12.4 Å². The van der Waals surface area contributed by atoms with Gasteiger partial charge in [-0.1, -0.05) is 0 Å². The molecule has 0 fully saturated rings. The highest BCUT2D eigenvalue weighted by molar-refractivity contribution is 5.85. The molecule has 0 bridgehead atoms. The number of ether oxygens (including phenoxy) is 1. The van der Waals surface area contributed by atoms with Crippen LogP contribution in [0.1, 0.15) is 24.8 Å². The van der Waals surface area contributed by atoms with Gasteiger partial charge in [0.2, 0.25) is 0 Å². The van der Waals surface area contributed by atoms with Crippen molar-refractivity contribution in [2.45, 2.75) is 25.8 Å². The van der Waals surface area contributed by atoms with Gasteiger partial charge in [0.05, 0.1) is 0 Å². The highest BCUT2D eigenvalue weighted by Crippen LogP contribution is 1.95. The molecule has 92 valence electrons. The zero-order chi connectivity index (χ0) is 10.8. The van der Waals surface area contributed by atoms with Gasteiger partial charge in [0, 0.05) is 38.2 Å². The quantitative estimate of drug-likeness (QED) is 0.710. The monoisotopic (exact) mass is 245 g/mol. The van der Waals surface area contributed by atoms with Crippen molar-refractivity contribution in [3.8, 4) is 0 Å². The van der Waals surface area contributed by atoms with E-state index in [9.17, 15) is 0 Å². The summed E-state index contributed by atoms with van der Waals surface area (Å²) in [6.45, 7) is 2.76. The minimum absolute atomic E-state index is 0. The average Bonchev–Trinajstić information content (AvgIpc) is 2.29. The molecule has 0 atom stereocenters. The summed E-state index contributed by atoms with van der Waals surface area (Å²) >= 11 is 0. The maximum Gasteiger partial charge on any atom is 0.115 e. The normalized spacial score (nSPS) is 9.81. The van der Waals surface area contributed by atoms with E-state index in [1.54, 1.807) is 13.4 Å². The SMILES string of the molecule is COCCCCCNCc1cncnc1.Cl. The van der Waals surface area contributed by atoms with Crippen LogP contribution in [-0.2, 0) is 11.3 Å². The first kappa shape index (κ1) is 15.3. The van der Waals surface area contributed by atoms with Crippen molar-refractivity contribution in [3.05, 3.63) is 24.3 Å². The molecule has 0 saturated heterocycles. The van der Waals surface area contributed by atoms with Crippen LogP contribution in [0.5, 0.6) is 0 Å². The van der Waals surface area contributed by atoms with Crippen molar-refractivity contribution in [2.75, 3.05) is 20.3 Å². The first-order valence-corrected chi connectivity index (χ1v) is 5.37. The fraction of sp³-hybridized carbons (Fsp3) is 0.636. The summed E-state index contributed by atoms with van der Waals surface area (Å²) in [6, 6.07) is 0. The summed E-state index contributed by atoms with van der Waals surface area (Å²) in [5.41, 5.74) is 1.13. The highest BCUT2D eigenvalue weighted by atomic mass is 35.5. The van der Waals surface area contributed by atoms with Gasteiger partial charge in [-0.3, -0.25) is 0 Å². The minimum Gasteiger partial charge on any atom is -0.385 e. The van der Waals surface area contributed by atoms with Crippen molar-refractivity contribution in [1.29, 1.82) is 0 Å². The van der Waals surface area contributed by atoms with Crippen LogP contribution in [0.2, 0.25) is 0 Å². The summed E-state index contributed by atoms with van der Waals surface area (Å²) < 4.78 is 4.98. The Morgan fingerprint density at radius 2 is 1.94 bits per heavy atom. The molecule has 0 amide bonds. The van der Waals surface area contributed by atoms with Gasteiger partial charge >= 0.3 is 0 Å². The third-order valence-electron chi connectivity index (χ3n) is 2.15. The number of hydrogen-bond acceptors (Lipinski definition) is 4. The van der Waals surface area contributed by atoms with E-state index in [2.05, 4.69) is 15.3 Å². The van der Waals surface area contributed by atoms with Crippen LogP contribution in [-0.4, -0.2) is 30.2 Å². The maximum atomic E-state index is 4.98. The Bertz CT molecular complexity index is 246. The van der Waals surface area contributed by atoms with Gasteiger partial charge < -0.3 is 10.1 Å². The highest BCUT2D eigenvalue weighted by Gasteiger charge is 1.92. The molecule has 0 aromatic carbocycles. The van der Waals surface area contributed by atoms with E-state index in [1.165, 1.54) is 12.8 Å². The molecule has 0 aliphatic heterocycles. The van der Waals surface area contributed by atoms with Crippen LogP contribution in [0.4, 0.5) is 0 Å².